The minimum Gasteiger partial charge on any atom is -0.497 e. The van der Waals surface area contributed by atoms with Gasteiger partial charge in [0, 0.05) is 30.2 Å². The number of benzene rings is 1. The van der Waals surface area contributed by atoms with Gasteiger partial charge in [0.25, 0.3) is 0 Å². The van der Waals surface area contributed by atoms with E-state index in [1.165, 1.54) is 38.5 Å². The molecular formula is C21H30N4O2S. The Morgan fingerprint density at radius 3 is 2.86 bits per heavy atom. The molecule has 2 aromatic rings. The zero-order chi connectivity index (χ0) is 19.2. The normalized spacial score (nSPS) is 20.4. The summed E-state index contributed by atoms with van der Waals surface area (Å²) in [6.07, 6.45) is 9.07. The summed E-state index contributed by atoms with van der Waals surface area (Å²) in [5, 5.41) is 13.6. The minimum atomic E-state index is 0.361. The fourth-order valence-electron chi connectivity index (χ4n) is 4.09. The van der Waals surface area contributed by atoms with Crippen LogP contribution in [0.25, 0.3) is 0 Å². The Bertz CT molecular complexity index is 755. The second-order valence-corrected chi connectivity index (χ2v) is 8.58. The lowest BCUT2D eigenvalue weighted by atomic mass is 9.95. The summed E-state index contributed by atoms with van der Waals surface area (Å²) >= 11 is 1.80. The van der Waals surface area contributed by atoms with Crippen molar-refractivity contribution >= 4 is 17.4 Å². The van der Waals surface area contributed by atoms with Gasteiger partial charge in [0.05, 0.1) is 19.8 Å². The zero-order valence-corrected chi connectivity index (χ0v) is 17.4. The second kappa shape index (κ2) is 9.65. The Kier molecular flexibility index (Phi) is 6.75. The molecule has 0 amide bonds. The molecule has 4 rings (SSSR count). The third-order valence-electron chi connectivity index (χ3n) is 5.62. The molecule has 1 atom stereocenters. The highest BCUT2D eigenvalue weighted by molar-refractivity contribution is 7.99. The molecule has 0 spiro atoms. The third-order valence-corrected chi connectivity index (χ3v) is 6.69. The number of ether oxygens (including phenoxy) is 2. The van der Waals surface area contributed by atoms with Gasteiger partial charge in [-0.25, -0.2) is 0 Å². The Balaban J connectivity index is 1.48. The van der Waals surface area contributed by atoms with Crippen LogP contribution in [0.4, 0.5) is 5.69 Å². The first-order chi connectivity index (χ1) is 13.8. The van der Waals surface area contributed by atoms with Crippen LogP contribution >= 0.6 is 11.8 Å². The van der Waals surface area contributed by atoms with Crippen molar-refractivity contribution in [1.82, 2.24) is 14.8 Å². The van der Waals surface area contributed by atoms with E-state index < -0.39 is 0 Å². The number of thioether (sulfide) groups is 1. The van der Waals surface area contributed by atoms with E-state index in [1.807, 2.05) is 18.2 Å². The van der Waals surface area contributed by atoms with Crippen molar-refractivity contribution in [3.63, 3.8) is 0 Å². The molecule has 0 radical (unpaired) electrons. The molecule has 28 heavy (non-hydrogen) atoms. The summed E-state index contributed by atoms with van der Waals surface area (Å²) in [6, 6.07) is 8.52. The maximum Gasteiger partial charge on any atom is 0.191 e. The lowest BCUT2D eigenvalue weighted by molar-refractivity contribution is 0.128. The van der Waals surface area contributed by atoms with Crippen LogP contribution < -0.4 is 10.1 Å². The quantitative estimate of drug-likeness (QED) is 0.647. The Labute approximate surface area is 171 Å². The van der Waals surface area contributed by atoms with Gasteiger partial charge in [0.2, 0.25) is 0 Å². The Morgan fingerprint density at radius 1 is 1.18 bits per heavy atom. The fourth-order valence-corrected chi connectivity index (χ4v) is 5.18. The predicted molar refractivity (Wildman–Crippen MR) is 112 cm³/mol. The second-order valence-electron chi connectivity index (χ2n) is 7.59. The highest BCUT2D eigenvalue weighted by Gasteiger charge is 2.24. The molecule has 1 saturated carbocycles. The third kappa shape index (κ3) is 4.81. The number of anilines is 1. The van der Waals surface area contributed by atoms with Crippen LogP contribution in [-0.4, -0.2) is 40.3 Å². The van der Waals surface area contributed by atoms with Crippen molar-refractivity contribution in [3.8, 4) is 5.75 Å². The molecule has 7 heteroatoms. The van der Waals surface area contributed by atoms with Gasteiger partial charge in [-0.05, 0) is 37.8 Å². The number of aromatic nitrogens is 3. The molecule has 1 aromatic heterocycles. The van der Waals surface area contributed by atoms with Crippen molar-refractivity contribution in [2.45, 2.75) is 68.8 Å². The highest BCUT2D eigenvalue weighted by Crippen LogP contribution is 2.33. The summed E-state index contributed by atoms with van der Waals surface area (Å²) < 4.78 is 13.5. The van der Waals surface area contributed by atoms with Gasteiger partial charge in [-0.2, -0.15) is 0 Å². The average Bonchev–Trinajstić information content (AvgIpc) is 3.41. The lowest BCUT2D eigenvalue weighted by Gasteiger charge is -2.26. The number of nitrogens with zero attached hydrogens (tertiary/aromatic N) is 3. The molecule has 1 aromatic carbocycles. The molecule has 1 saturated heterocycles. The van der Waals surface area contributed by atoms with Crippen LogP contribution in [0.1, 0.15) is 56.8 Å². The van der Waals surface area contributed by atoms with Crippen LogP contribution in [0.3, 0.4) is 0 Å². The fraction of sp³-hybridized carbons (Fsp3) is 0.619. The summed E-state index contributed by atoms with van der Waals surface area (Å²) in [7, 11) is 1.69. The van der Waals surface area contributed by atoms with Crippen molar-refractivity contribution < 1.29 is 9.47 Å². The molecule has 6 nitrogen and oxygen atoms in total. The van der Waals surface area contributed by atoms with Gasteiger partial charge in [0.1, 0.15) is 5.75 Å². The van der Waals surface area contributed by atoms with E-state index in [4.69, 9.17) is 9.47 Å². The summed E-state index contributed by atoms with van der Waals surface area (Å²) in [4.78, 5) is 0. The van der Waals surface area contributed by atoms with Crippen LogP contribution in [-0.2, 0) is 11.3 Å². The van der Waals surface area contributed by atoms with Gasteiger partial charge in [-0.1, -0.05) is 37.1 Å². The lowest BCUT2D eigenvalue weighted by Crippen LogP contribution is -2.19. The zero-order valence-electron chi connectivity index (χ0n) is 16.6. The van der Waals surface area contributed by atoms with Crippen LogP contribution in [0, 0.1) is 0 Å². The van der Waals surface area contributed by atoms with Crippen LogP contribution in [0.2, 0.25) is 0 Å². The van der Waals surface area contributed by atoms with Crippen LogP contribution in [0.15, 0.2) is 29.4 Å². The number of rotatable bonds is 8. The first-order valence-corrected chi connectivity index (χ1v) is 11.4. The molecule has 1 unspecified atom stereocenters. The van der Waals surface area contributed by atoms with E-state index in [2.05, 4.69) is 26.1 Å². The van der Waals surface area contributed by atoms with E-state index in [9.17, 15) is 0 Å². The van der Waals surface area contributed by atoms with Gasteiger partial charge in [-0.3, -0.25) is 0 Å². The van der Waals surface area contributed by atoms with Crippen LogP contribution in [0.5, 0.6) is 5.75 Å². The van der Waals surface area contributed by atoms with Crippen molar-refractivity contribution in [2.75, 3.05) is 24.8 Å². The van der Waals surface area contributed by atoms with Gasteiger partial charge in [-0.15, -0.1) is 10.2 Å². The maximum atomic E-state index is 5.79. The minimum absolute atomic E-state index is 0.361. The van der Waals surface area contributed by atoms with Crippen molar-refractivity contribution in [1.29, 1.82) is 0 Å². The number of methoxy groups -OCH3 is 1. The molecule has 1 aliphatic carbocycles. The Hall–Kier alpha value is -1.73. The smallest absolute Gasteiger partial charge is 0.191 e. The van der Waals surface area contributed by atoms with E-state index >= 15 is 0 Å². The summed E-state index contributed by atoms with van der Waals surface area (Å²) in [5.41, 5.74) is 1.03. The van der Waals surface area contributed by atoms with E-state index in [0.29, 0.717) is 18.7 Å². The highest BCUT2D eigenvalue weighted by atomic mass is 32.2. The molecule has 152 valence electrons. The largest absolute Gasteiger partial charge is 0.497 e. The average molecular weight is 403 g/mol. The SMILES string of the molecule is COc1cccc(NCc2nnc(SCC3CCCO3)n2C2CCCCC2)c1. The first kappa shape index (κ1) is 19.6. The first-order valence-electron chi connectivity index (χ1n) is 10.4. The summed E-state index contributed by atoms with van der Waals surface area (Å²) in [5.74, 6) is 2.84. The molecule has 0 bridgehead atoms. The number of hydrogen-bond acceptors (Lipinski definition) is 6. The molecule has 2 aliphatic rings. The predicted octanol–water partition coefficient (Wildman–Crippen LogP) is 4.68. The number of nitrogens with one attached hydrogen (secondary N) is 1. The van der Waals surface area contributed by atoms with Gasteiger partial charge >= 0.3 is 0 Å². The van der Waals surface area contributed by atoms with Crippen molar-refractivity contribution in [2.24, 2.45) is 0 Å². The molecule has 1 N–H and O–H groups in total. The summed E-state index contributed by atoms with van der Waals surface area (Å²) in [6.45, 7) is 1.56. The molecule has 2 heterocycles. The standard InChI is InChI=1S/C21H30N4O2S/c1-26-18-10-5-7-16(13-18)22-14-20-23-24-21(28-15-19-11-6-12-27-19)25(20)17-8-3-2-4-9-17/h5,7,10,13,17,19,22H,2-4,6,8-9,11-12,14-15H2,1H3. The van der Waals surface area contributed by atoms with Gasteiger partial charge < -0.3 is 19.4 Å². The number of hydrogen-bond donors (Lipinski definition) is 1. The van der Waals surface area contributed by atoms with E-state index in [-0.39, 0.29) is 0 Å². The Morgan fingerprint density at radius 2 is 2.07 bits per heavy atom. The van der Waals surface area contributed by atoms with Gasteiger partial charge in [0.15, 0.2) is 11.0 Å². The molecule has 2 fully saturated rings. The molecular weight excluding hydrogens is 372 g/mol. The van der Waals surface area contributed by atoms with Crippen molar-refractivity contribution in [3.05, 3.63) is 30.1 Å². The van der Waals surface area contributed by atoms with E-state index in [0.717, 1.165) is 41.2 Å². The topological polar surface area (TPSA) is 61.2 Å². The maximum absolute atomic E-state index is 5.79. The molecule has 1 aliphatic heterocycles. The van der Waals surface area contributed by atoms with E-state index in [1.54, 1.807) is 18.9 Å². The monoisotopic (exact) mass is 402 g/mol.